The lowest BCUT2D eigenvalue weighted by Crippen LogP contribution is -2.08. The lowest BCUT2D eigenvalue weighted by atomic mass is 10.1. The van der Waals surface area contributed by atoms with E-state index in [1.807, 2.05) is 39.0 Å². The van der Waals surface area contributed by atoms with E-state index in [-0.39, 0.29) is 11.5 Å². The van der Waals surface area contributed by atoms with E-state index in [0.29, 0.717) is 16.8 Å². The van der Waals surface area contributed by atoms with Crippen molar-refractivity contribution in [3.63, 3.8) is 0 Å². The summed E-state index contributed by atoms with van der Waals surface area (Å²) in [5, 5.41) is 8.55. The fraction of sp³-hybridized carbons (Fsp3) is 0.429. The van der Waals surface area contributed by atoms with Gasteiger partial charge in [0.15, 0.2) is 9.84 Å². The number of hydrogen-bond donors (Lipinski definition) is 0. The topological polar surface area (TPSA) is 69.2 Å². The highest BCUT2D eigenvalue weighted by atomic mass is 32.2. The summed E-state index contributed by atoms with van der Waals surface area (Å²) in [6, 6.07) is 5.83. The Morgan fingerprint density at radius 1 is 1.19 bits per heavy atom. The summed E-state index contributed by atoms with van der Waals surface area (Å²) >= 11 is 1.18. The minimum Gasteiger partial charge on any atom is -0.469 e. The first-order chi connectivity index (χ1) is 9.89. The van der Waals surface area contributed by atoms with Crippen LogP contribution < -0.4 is 4.74 Å². The summed E-state index contributed by atoms with van der Waals surface area (Å²) in [5.74, 6) is -0.0881. The zero-order valence-electron chi connectivity index (χ0n) is 12.3. The highest BCUT2D eigenvalue weighted by molar-refractivity contribution is 7.90. The Bertz CT molecular complexity index is 724. The van der Waals surface area contributed by atoms with Gasteiger partial charge in [-0.05, 0) is 31.9 Å². The molecule has 21 heavy (non-hydrogen) atoms. The van der Waals surface area contributed by atoms with Gasteiger partial charge in [-0.15, -0.1) is 10.2 Å². The number of nitrogens with zero attached hydrogens (tertiary/aromatic N) is 2. The van der Waals surface area contributed by atoms with Gasteiger partial charge in [0, 0.05) is 0 Å². The molecule has 0 saturated heterocycles. The van der Waals surface area contributed by atoms with Crippen molar-refractivity contribution in [2.75, 3.05) is 6.61 Å². The van der Waals surface area contributed by atoms with Gasteiger partial charge < -0.3 is 4.74 Å². The fourth-order valence-electron chi connectivity index (χ4n) is 1.91. The summed E-state index contributed by atoms with van der Waals surface area (Å²) in [6.07, 6.45) is 0. The van der Waals surface area contributed by atoms with E-state index >= 15 is 0 Å². The van der Waals surface area contributed by atoms with Gasteiger partial charge in [-0.2, -0.15) is 0 Å². The van der Waals surface area contributed by atoms with Crippen LogP contribution in [-0.2, 0) is 21.3 Å². The third-order valence-corrected chi connectivity index (χ3v) is 5.42. The average molecular weight is 326 g/mol. The zero-order valence-corrected chi connectivity index (χ0v) is 13.9. The summed E-state index contributed by atoms with van der Waals surface area (Å²) in [6.45, 7) is 6.21. The lowest BCUT2D eigenvalue weighted by molar-refractivity contribution is 0.335. The third kappa shape index (κ3) is 4.50. The summed E-state index contributed by atoms with van der Waals surface area (Å²) in [4.78, 5) is 0. The van der Waals surface area contributed by atoms with Gasteiger partial charge >= 0.3 is 0 Å². The second kappa shape index (κ2) is 6.53. The molecule has 0 amide bonds. The summed E-state index contributed by atoms with van der Waals surface area (Å²) in [7, 11) is -3.28. The van der Waals surface area contributed by atoms with Crippen molar-refractivity contribution in [3.8, 4) is 5.19 Å². The molecular formula is C14H18N2O3S2. The molecule has 0 aliphatic heterocycles. The standard InChI is InChI=1S/C14H18N2O3S2/c1-4-19-14-16-15-13(20-14)9-21(17,18)8-12-7-10(2)5-6-11(12)3/h5-7H,4,8-9H2,1-3H3. The number of hydrogen-bond acceptors (Lipinski definition) is 6. The van der Waals surface area contributed by atoms with Crippen molar-refractivity contribution in [1.29, 1.82) is 0 Å². The van der Waals surface area contributed by atoms with E-state index in [2.05, 4.69) is 10.2 Å². The van der Waals surface area contributed by atoms with Crippen LogP contribution in [0.3, 0.4) is 0 Å². The quantitative estimate of drug-likeness (QED) is 0.816. The number of sulfone groups is 1. The fourth-order valence-corrected chi connectivity index (χ4v) is 4.55. The molecule has 0 saturated carbocycles. The van der Waals surface area contributed by atoms with Gasteiger partial charge in [0.05, 0.1) is 12.4 Å². The predicted octanol–water partition coefficient (Wildman–Crippen LogP) is 2.67. The SMILES string of the molecule is CCOc1nnc(CS(=O)(=O)Cc2cc(C)ccc2C)s1. The van der Waals surface area contributed by atoms with Gasteiger partial charge in [0.25, 0.3) is 5.19 Å². The van der Waals surface area contributed by atoms with Gasteiger partial charge in [-0.3, -0.25) is 0 Å². The molecule has 1 aromatic heterocycles. The smallest absolute Gasteiger partial charge is 0.294 e. The molecule has 0 N–H and O–H groups in total. The van der Waals surface area contributed by atoms with Crippen LogP contribution in [0.15, 0.2) is 18.2 Å². The Hall–Kier alpha value is -1.47. The summed E-state index contributed by atoms with van der Waals surface area (Å²) < 4.78 is 29.8. The number of aromatic nitrogens is 2. The van der Waals surface area contributed by atoms with Gasteiger partial charge in [0.1, 0.15) is 10.8 Å². The van der Waals surface area contributed by atoms with Crippen LogP contribution in [0, 0.1) is 13.8 Å². The van der Waals surface area contributed by atoms with Crippen LogP contribution in [0.4, 0.5) is 0 Å². The zero-order chi connectivity index (χ0) is 15.5. The summed E-state index contributed by atoms with van der Waals surface area (Å²) in [5.41, 5.74) is 2.88. The first-order valence-electron chi connectivity index (χ1n) is 6.61. The number of ether oxygens (including phenoxy) is 1. The Balaban J connectivity index is 2.12. The molecule has 1 aromatic carbocycles. The molecule has 114 valence electrons. The maximum atomic E-state index is 12.3. The van der Waals surface area contributed by atoms with E-state index in [1.54, 1.807) is 0 Å². The molecule has 0 fully saturated rings. The van der Waals surface area contributed by atoms with Crippen molar-refractivity contribution in [2.45, 2.75) is 32.3 Å². The van der Waals surface area contributed by atoms with Gasteiger partial charge in [-0.1, -0.05) is 35.1 Å². The molecule has 5 nitrogen and oxygen atoms in total. The van der Waals surface area contributed by atoms with E-state index in [0.717, 1.165) is 16.7 Å². The second-order valence-electron chi connectivity index (χ2n) is 4.86. The van der Waals surface area contributed by atoms with Gasteiger partial charge in [0.2, 0.25) is 0 Å². The molecule has 7 heteroatoms. The predicted molar refractivity (Wildman–Crippen MR) is 83.3 cm³/mol. The monoisotopic (exact) mass is 326 g/mol. The maximum Gasteiger partial charge on any atom is 0.294 e. The molecule has 0 aliphatic rings. The number of benzene rings is 1. The maximum absolute atomic E-state index is 12.3. The van der Waals surface area contributed by atoms with Crippen molar-refractivity contribution < 1.29 is 13.2 Å². The van der Waals surface area contributed by atoms with Crippen molar-refractivity contribution in [3.05, 3.63) is 39.9 Å². The van der Waals surface area contributed by atoms with E-state index in [1.165, 1.54) is 11.3 Å². The average Bonchev–Trinajstić information content (AvgIpc) is 2.80. The molecule has 2 aromatic rings. The van der Waals surface area contributed by atoms with Crippen molar-refractivity contribution in [2.24, 2.45) is 0 Å². The van der Waals surface area contributed by atoms with Crippen LogP contribution in [0.1, 0.15) is 28.6 Å². The largest absolute Gasteiger partial charge is 0.469 e. The molecule has 0 bridgehead atoms. The van der Waals surface area contributed by atoms with Crippen molar-refractivity contribution in [1.82, 2.24) is 10.2 Å². The van der Waals surface area contributed by atoms with Gasteiger partial charge in [-0.25, -0.2) is 8.42 Å². The molecule has 0 spiro atoms. The van der Waals surface area contributed by atoms with Crippen LogP contribution in [0.25, 0.3) is 0 Å². The second-order valence-corrected chi connectivity index (χ2v) is 7.95. The highest BCUT2D eigenvalue weighted by Crippen LogP contribution is 2.22. The minimum atomic E-state index is -3.28. The minimum absolute atomic E-state index is 0.0179. The molecule has 0 unspecified atom stereocenters. The Morgan fingerprint density at radius 3 is 2.67 bits per heavy atom. The normalized spacial score (nSPS) is 11.6. The molecule has 0 radical (unpaired) electrons. The molecule has 2 rings (SSSR count). The van der Waals surface area contributed by atoms with Crippen LogP contribution in [0.2, 0.25) is 0 Å². The Kier molecular flexibility index (Phi) is 4.95. The lowest BCUT2D eigenvalue weighted by Gasteiger charge is -2.07. The number of rotatable bonds is 6. The van der Waals surface area contributed by atoms with E-state index in [4.69, 9.17) is 4.74 Å². The number of aryl methyl sites for hydroxylation is 2. The van der Waals surface area contributed by atoms with Crippen molar-refractivity contribution >= 4 is 21.2 Å². The molecule has 0 aliphatic carbocycles. The molecule has 1 heterocycles. The van der Waals surface area contributed by atoms with Crippen LogP contribution in [-0.4, -0.2) is 25.2 Å². The first kappa shape index (κ1) is 15.9. The third-order valence-electron chi connectivity index (χ3n) is 2.94. The van der Waals surface area contributed by atoms with Crippen LogP contribution >= 0.6 is 11.3 Å². The van der Waals surface area contributed by atoms with E-state index in [9.17, 15) is 8.42 Å². The molecule has 0 atom stereocenters. The highest BCUT2D eigenvalue weighted by Gasteiger charge is 2.18. The Labute approximate surface area is 128 Å². The molecular weight excluding hydrogens is 308 g/mol. The van der Waals surface area contributed by atoms with Crippen LogP contribution in [0.5, 0.6) is 5.19 Å². The Morgan fingerprint density at radius 2 is 1.95 bits per heavy atom. The first-order valence-corrected chi connectivity index (χ1v) is 9.25. The van der Waals surface area contributed by atoms with E-state index < -0.39 is 9.84 Å².